The second-order valence-electron chi connectivity index (χ2n) is 5.12. The molecule has 1 N–H and O–H groups in total. The van der Waals surface area contributed by atoms with Crippen LogP contribution in [0, 0.1) is 0 Å². The van der Waals surface area contributed by atoms with E-state index in [1.807, 2.05) is 0 Å². The summed E-state index contributed by atoms with van der Waals surface area (Å²) in [4.78, 5) is 2.71. The molecule has 0 radical (unpaired) electrons. The fraction of sp³-hybridized carbons (Fsp3) is 1.00. The predicted molar refractivity (Wildman–Crippen MR) is 60.5 cm³/mol. The van der Waals surface area contributed by atoms with Crippen molar-refractivity contribution in [2.45, 2.75) is 64.1 Å². The lowest BCUT2D eigenvalue weighted by Crippen LogP contribution is -2.49. The average molecular weight is 196 g/mol. The molecule has 2 aliphatic rings. The summed E-state index contributed by atoms with van der Waals surface area (Å²) in [6.07, 6.45) is 6.99. The van der Waals surface area contributed by atoms with E-state index >= 15 is 0 Å². The maximum Gasteiger partial charge on any atom is 0.0195 e. The van der Waals surface area contributed by atoms with Gasteiger partial charge >= 0.3 is 0 Å². The minimum atomic E-state index is 0.776. The van der Waals surface area contributed by atoms with Crippen LogP contribution in [0.4, 0.5) is 0 Å². The molecular weight excluding hydrogens is 172 g/mol. The van der Waals surface area contributed by atoms with Crippen molar-refractivity contribution in [1.29, 1.82) is 0 Å². The standard InChI is InChI=1S/C12H24N2/c1-10-5-3-6-11(2)14(10)9-12-7-4-8-13-12/h10-13H,3-9H2,1-2H3/t10-,11+,12-/m0/s1. The van der Waals surface area contributed by atoms with Gasteiger partial charge in [-0.15, -0.1) is 0 Å². The highest BCUT2D eigenvalue weighted by Gasteiger charge is 2.27. The van der Waals surface area contributed by atoms with Gasteiger partial charge in [0.15, 0.2) is 0 Å². The van der Waals surface area contributed by atoms with E-state index in [4.69, 9.17) is 0 Å². The van der Waals surface area contributed by atoms with Crippen LogP contribution in [0.5, 0.6) is 0 Å². The maximum absolute atomic E-state index is 3.60. The average Bonchev–Trinajstić information content (AvgIpc) is 2.64. The zero-order chi connectivity index (χ0) is 9.97. The molecule has 2 saturated heterocycles. The first-order valence-electron chi connectivity index (χ1n) is 6.26. The third-order valence-electron chi connectivity index (χ3n) is 3.97. The van der Waals surface area contributed by atoms with E-state index < -0.39 is 0 Å². The monoisotopic (exact) mass is 196 g/mol. The molecule has 0 bridgehead atoms. The number of nitrogens with one attached hydrogen (secondary N) is 1. The Hall–Kier alpha value is -0.0800. The molecule has 2 fully saturated rings. The van der Waals surface area contributed by atoms with Crippen molar-refractivity contribution in [1.82, 2.24) is 10.2 Å². The van der Waals surface area contributed by atoms with Gasteiger partial charge in [-0.05, 0) is 46.1 Å². The van der Waals surface area contributed by atoms with Crippen LogP contribution in [-0.2, 0) is 0 Å². The number of nitrogens with zero attached hydrogens (tertiary/aromatic N) is 1. The van der Waals surface area contributed by atoms with Gasteiger partial charge in [0, 0.05) is 24.7 Å². The van der Waals surface area contributed by atoms with Crippen LogP contribution in [0.25, 0.3) is 0 Å². The Labute approximate surface area is 88.1 Å². The Morgan fingerprint density at radius 1 is 1.07 bits per heavy atom. The van der Waals surface area contributed by atoms with Crippen molar-refractivity contribution < 1.29 is 0 Å². The lowest BCUT2D eigenvalue weighted by atomic mass is 9.96. The van der Waals surface area contributed by atoms with E-state index in [9.17, 15) is 0 Å². The van der Waals surface area contributed by atoms with Crippen LogP contribution in [0.15, 0.2) is 0 Å². The van der Waals surface area contributed by atoms with Gasteiger partial charge in [0.1, 0.15) is 0 Å². The number of hydrogen-bond donors (Lipinski definition) is 1. The molecule has 2 aliphatic heterocycles. The van der Waals surface area contributed by atoms with Crippen LogP contribution in [-0.4, -0.2) is 36.1 Å². The van der Waals surface area contributed by atoms with Gasteiger partial charge in [-0.3, -0.25) is 4.90 Å². The van der Waals surface area contributed by atoms with Crippen LogP contribution in [0.2, 0.25) is 0 Å². The molecule has 2 rings (SSSR count). The van der Waals surface area contributed by atoms with Crippen molar-refractivity contribution in [3.05, 3.63) is 0 Å². The molecule has 0 aromatic heterocycles. The van der Waals surface area contributed by atoms with Crippen LogP contribution in [0.1, 0.15) is 46.0 Å². The molecule has 0 aromatic carbocycles. The largest absolute Gasteiger partial charge is 0.313 e. The minimum absolute atomic E-state index is 0.776. The maximum atomic E-state index is 3.60. The summed E-state index contributed by atoms with van der Waals surface area (Å²) in [5.74, 6) is 0. The minimum Gasteiger partial charge on any atom is -0.313 e. The van der Waals surface area contributed by atoms with Crippen LogP contribution >= 0.6 is 0 Å². The molecule has 0 amide bonds. The summed E-state index contributed by atoms with van der Waals surface area (Å²) in [5, 5.41) is 3.60. The van der Waals surface area contributed by atoms with E-state index in [2.05, 4.69) is 24.1 Å². The predicted octanol–water partition coefficient (Wildman–Crippen LogP) is 2.00. The quantitative estimate of drug-likeness (QED) is 0.726. The molecule has 82 valence electrons. The molecule has 0 spiro atoms. The Morgan fingerprint density at radius 2 is 1.79 bits per heavy atom. The molecule has 2 nitrogen and oxygen atoms in total. The first-order valence-corrected chi connectivity index (χ1v) is 6.26. The summed E-state index contributed by atoms with van der Waals surface area (Å²) >= 11 is 0. The smallest absolute Gasteiger partial charge is 0.0195 e. The van der Waals surface area contributed by atoms with Crippen molar-refractivity contribution >= 4 is 0 Å². The number of likely N-dealkylation sites (tertiary alicyclic amines) is 1. The van der Waals surface area contributed by atoms with E-state index in [0.717, 1.165) is 18.1 Å². The molecule has 0 saturated carbocycles. The SMILES string of the molecule is C[C@@H]1CCC[C@H](C)N1C[C@@H]1CCCN1. The van der Waals surface area contributed by atoms with E-state index in [1.54, 1.807) is 0 Å². The molecule has 14 heavy (non-hydrogen) atoms. The van der Waals surface area contributed by atoms with Gasteiger partial charge in [-0.25, -0.2) is 0 Å². The van der Waals surface area contributed by atoms with Crippen molar-refractivity contribution in [2.24, 2.45) is 0 Å². The second kappa shape index (κ2) is 4.63. The molecule has 3 atom stereocenters. The highest BCUT2D eigenvalue weighted by atomic mass is 15.2. The first-order chi connectivity index (χ1) is 6.77. The first kappa shape index (κ1) is 10.4. The third-order valence-corrected chi connectivity index (χ3v) is 3.97. The van der Waals surface area contributed by atoms with E-state index in [1.165, 1.54) is 45.2 Å². The fourth-order valence-corrected chi connectivity index (χ4v) is 3.00. The van der Waals surface area contributed by atoms with Crippen molar-refractivity contribution in [3.8, 4) is 0 Å². The molecule has 0 unspecified atom stereocenters. The van der Waals surface area contributed by atoms with Gasteiger partial charge in [0.25, 0.3) is 0 Å². The summed E-state index contributed by atoms with van der Waals surface area (Å²) in [7, 11) is 0. The highest BCUT2D eigenvalue weighted by Crippen LogP contribution is 2.23. The molecule has 2 heteroatoms. The summed E-state index contributed by atoms with van der Waals surface area (Å²) in [6.45, 7) is 7.30. The summed E-state index contributed by atoms with van der Waals surface area (Å²) < 4.78 is 0. The van der Waals surface area contributed by atoms with Crippen molar-refractivity contribution in [2.75, 3.05) is 13.1 Å². The summed E-state index contributed by atoms with van der Waals surface area (Å²) in [5.41, 5.74) is 0. The molecule has 0 aliphatic carbocycles. The number of hydrogen-bond acceptors (Lipinski definition) is 2. The van der Waals surface area contributed by atoms with Gasteiger partial charge < -0.3 is 5.32 Å². The Morgan fingerprint density at radius 3 is 2.36 bits per heavy atom. The second-order valence-corrected chi connectivity index (χ2v) is 5.12. The Kier molecular flexibility index (Phi) is 3.45. The molecule has 2 heterocycles. The van der Waals surface area contributed by atoms with Gasteiger partial charge in [-0.2, -0.15) is 0 Å². The van der Waals surface area contributed by atoms with Gasteiger partial charge in [0.05, 0.1) is 0 Å². The normalized spacial score (nSPS) is 40.3. The van der Waals surface area contributed by atoms with E-state index in [-0.39, 0.29) is 0 Å². The number of rotatable bonds is 2. The lowest BCUT2D eigenvalue weighted by molar-refractivity contribution is 0.0936. The van der Waals surface area contributed by atoms with Gasteiger partial charge in [0.2, 0.25) is 0 Å². The van der Waals surface area contributed by atoms with Gasteiger partial charge in [-0.1, -0.05) is 6.42 Å². The van der Waals surface area contributed by atoms with E-state index in [0.29, 0.717) is 0 Å². The van der Waals surface area contributed by atoms with Crippen molar-refractivity contribution in [3.63, 3.8) is 0 Å². The van der Waals surface area contributed by atoms with Crippen LogP contribution in [0.3, 0.4) is 0 Å². The van der Waals surface area contributed by atoms with Crippen LogP contribution < -0.4 is 5.32 Å². The summed E-state index contributed by atoms with van der Waals surface area (Å²) in [6, 6.07) is 2.39. The fourth-order valence-electron chi connectivity index (χ4n) is 3.00. The molecular formula is C12H24N2. The number of piperidine rings is 1. The Bertz CT molecular complexity index is 165. The molecule has 0 aromatic rings. The Balaban J connectivity index is 1.86. The topological polar surface area (TPSA) is 15.3 Å². The lowest BCUT2D eigenvalue weighted by Gasteiger charge is -2.40. The zero-order valence-corrected chi connectivity index (χ0v) is 9.63. The zero-order valence-electron chi connectivity index (χ0n) is 9.63. The third kappa shape index (κ3) is 2.29. The highest BCUT2D eigenvalue weighted by molar-refractivity contribution is 4.85.